The largest absolute Gasteiger partial charge is 0.309 e. The molecule has 0 bridgehead atoms. The fraction of sp³-hybridized carbons (Fsp3) is 0.317. The molecule has 11 rings (SSSR count). The summed E-state index contributed by atoms with van der Waals surface area (Å²) in [5.41, 5.74) is 23.2. The number of hydrogen-bond acceptors (Lipinski definition) is 2. The van der Waals surface area contributed by atoms with E-state index < -0.39 is 0 Å². The van der Waals surface area contributed by atoms with Crippen molar-refractivity contribution in [2.75, 3.05) is 9.80 Å². The zero-order valence-electron chi connectivity index (χ0n) is 53.4. The molecule has 0 aromatic heterocycles. The molecule has 0 radical (unpaired) electrons. The summed E-state index contributed by atoms with van der Waals surface area (Å²) >= 11 is 0. The molecule has 0 saturated heterocycles. The maximum Gasteiger partial charge on any atom is 0.0619 e. The highest BCUT2D eigenvalue weighted by Gasteiger charge is 2.45. The van der Waals surface area contributed by atoms with Gasteiger partial charge in [-0.1, -0.05) is 274 Å². The first-order valence-electron chi connectivity index (χ1n) is 31.0. The zero-order valence-corrected chi connectivity index (χ0v) is 53.4. The average molecular weight is 1100 g/mol. The molecule has 0 saturated carbocycles. The van der Waals surface area contributed by atoms with Crippen molar-refractivity contribution in [2.24, 2.45) is 0 Å². The van der Waals surface area contributed by atoms with E-state index in [0.29, 0.717) is 0 Å². The predicted molar refractivity (Wildman–Crippen MR) is 365 cm³/mol. The molecule has 1 aliphatic rings. The van der Waals surface area contributed by atoms with Crippen LogP contribution in [0.5, 0.6) is 0 Å². The Bertz CT molecular complexity index is 3810. The molecule has 0 amide bonds. The average Bonchev–Trinajstić information content (AvgIpc) is 3.45. The Kier molecular flexibility index (Phi) is 15.0. The number of rotatable bonds is 12. The van der Waals surface area contributed by atoms with Gasteiger partial charge in [-0.3, -0.25) is 0 Å². The van der Waals surface area contributed by atoms with Crippen molar-refractivity contribution < 1.29 is 0 Å². The van der Waals surface area contributed by atoms with Crippen LogP contribution in [-0.2, 0) is 38.9 Å². The van der Waals surface area contributed by atoms with Crippen molar-refractivity contribution in [3.8, 4) is 11.1 Å². The van der Waals surface area contributed by atoms with Gasteiger partial charge in [0, 0.05) is 49.7 Å². The normalized spacial score (nSPS) is 13.5. The van der Waals surface area contributed by atoms with E-state index in [2.05, 4.69) is 327 Å². The lowest BCUT2D eigenvalue weighted by Gasteiger charge is -2.35. The molecule has 84 heavy (non-hydrogen) atoms. The molecule has 2 heteroatoms. The molecular formula is C82H90N2. The quantitative estimate of drug-likeness (QED) is 0.0683. The van der Waals surface area contributed by atoms with Crippen molar-refractivity contribution in [2.45, 2.75) is 169 Å². The van der Waals surface area contributed by atoms with Gasteiger partial charge < -0.3 is 9.80 Å². The summed E-state index contributed by atoms with van der Waals surface area (Å²) in [6.07, 6.45) is 4.20. The molecule has 2 nitrogen and oxygen atoms in total. The van der Waals surface area contributed by atoms with E-state index >= 15 is 0 Å². The molecule has 0 heterocycles. The van der Waals surface area contributed by atoms with Crippen LogP contribution in [-0.4, -0.2) is 0 Å². The van der Waals surface area contributed by atoms with Crippen LogP contribution in [0.3, 0.4) is 0 Å². The lowest BCUT2D eigenvalue weighted by atomic mass is 9.67. The molecule has 0 fully saturated rings. The second-order valence-electron chi connectivity index (χ2n) is 29.5. The number of benzene rings is 10. The first-order valence-corrected chi connectivity index (χ1v) is 31.0. The van der Waals surface area contributed by atoms with Gasteiger partial charge in [-0.25, -0.2) is 0 Å². The summed E-state index contributed by atoms with van der Waals surface area (Å²) in [6, 6.07) is 79.9. The Morgan fingerprint density at radius 2 is 0.631 bits per heavy atom. The summed E-state index contributed by atoms with van der Waals surface area (Å²) in [5.74, 6) is 0. The molecule has 428 valence electrons. The Balaban J connectivity index is 1.00. The molecule has 0 unspecified atom stereocenters. The summed E-state index contributed by atoms with van der Waals surface area (Å²) in [6.45, 7) is 37.0. The minimum absolute atomic E-state index is 0.0146. The van der Waals surface area contributed by atoms with Crippen molar-refractivity contribution in [3.05, 3.63) is 262 Å². The minimum atomic E-state index is -0.264. The van der Waals surface area contributed by atoms with E-state index in [1.807, 2.05) is 0 Å². The lowest BCUT2D eigenvalue weighted by molar-refractivity contribution is 0.521. The van der Waals surface area contributed by atoms with Crippen LogP contribution >= 0.6 is 0 Å². The monoisotopic (exact) mass is 1100 g/mol. The van der Waals surface area contributed by atoms with Gasteiger partial charge in [0.15, 0.2) is 0 Å². The van der Waals surface area contributed by atoms with E-state index in [-0.39, 0.29) is 32.5 Å². The zero-order chi connectivity index (χ0) is 59.7. The van der Waals surface area contributed by atoms with Gasteiger partial charge in [0.2, 0.25) is 0 Å². The van der Waals surface area contributed by atoms with Crippen molar-refractivity contribution in [3.63, 3.8) is 0 Å². The molecule has 0 spiro atoms. The number of nitrogens with zero attached hydrogens (tertiary/aromatic N) is 2. The Labute approximate surface area is 504 Å². The standard InChI is InChI=1S/C82H90N2/c1-55-28-32-60(33-29-55)82(73-53-61(80(11,12)13)40-50-67(73)68-51-41-62(54-74(68)82)81(14,15)16)52-22-21-23-56-30-42-63(43-31-56)83(64-44-34-57(35-45-64)77(2,3)4)75-69-24-17-19-26-71(69)76(72-27-20-18-25-70(72)75)84(65-46-36-58(37-47-65)78(5,6)7)66-48-38-59(39-49-66)79(8,9)10/h17-20,24-51,53-54H,21-23,52H2,1-16H3. The maximum absolute atomic E-state index is 2.57. The van der Waals surface area contributed by atoms with Crippen molar-refractivity contribution in [1.82, 2.24) is 0 Å². The van der Waals surface area contributed by atoms with Crippen molar-refractivity contribution in [1.29, 1.82) is 0 Å². The number of unbranched alkanes of at least 4 members (excludes halogenated alkanes) is 1. The van der Waals surface area contributed by atoms with Crippen LogP contribution in [0.1, 0.15) is 179 Å². The third-order valence-corrected chi connectivity index (χ3v) is 18.3. The van der Waals surface area contributed by atoms with Gasteiger partial charge >= 0.3 is 0 Å². The fourth-order valence-corrected chi connectivity index (χ4v) is 13.1. The van der Waals surface area contributed by atoms with E-state index in [4.69, 9.17) is 0 Å². The summed E-state index contributed by atoms with van der Waals surface area (Å²) in [4.78, 5) is 5.03. The van der Waals surface area contributed by atoms with Crippen molar-refractivity contribution >= 4 is 55.7 Å². The number of fused-ring (bicyclic) bond motifs is 5. The van der Waals surface area contributed by atoms with Gasteiger partial charge in [0.25, 0.3) is 0 Å². The smallest absolute Gasteiger partial charge is 0.0619 e. The molecule has 0 N–H and O–H groups in total. The first kappa shape index (κ1) is 58.1. The number of aryl methyl sites for hydroxylation is 2. The fourth-order valence-electron chi connectivity index (χ4n) is 13.1. The van der Waals surface area contributed by atoms with E-state index in [0.717, 1.165) is 48.4 Å². The molecule has 1 aliphatic carbocycles. The van der Waals surface area contributed by atoms with Gasteiger partial charge in [0.05, 0.1) is 11.4 Å². The highest BCUT2D eigenvalue weighted by molar-refractivity contribution is 6.23. The van der Waals surface area contributed by atoms with Crippen LogP contribution in [0.25, 0.3) is 32.7 Å². The highest BCUT2D eigenvalue weighted by atomic mass is 15.2. The van der Waals surface area contributed by atoms with Gasteiger partial charge in [-0.15, -0.1) is 0 Å². The van der Waals surface area contributed by atoms with Crippen LogP contribution in [0.4, 0.5) is 34.1 Å². The topological polar surface area (TPSA) is 6.48 Å². The Hall–Kier alpha value is -7.68. The van der Waals surface area contributed by atoms with Crippen LogP contribution < -0.4 is 9.80 Å². The molecule has 0 atom stereocenters. The van der Waals surface area contributed by atoms with Crippen LogP contribution in [0.15, 0.2) is 206 Å². The third kappa shape index (κ3) is 11.0. The van der Waals surface area contributed by atoms with E-state index in [1.165, 1.54) is 99.7 Å². The van der Waals surface area contributed by atoms with Crippen LogP contribution in [0.2, 0.25) is 0 Å². The maximum atomic E-state index is 2.57. The minimum Gasteiger partial charge on any atom is -0.309 e. The molecule has 10 aromatic carbocycles. The molecule has 10 aromatic rings. The lowest BCUT2D eigenvalue weighted by Crippen LogP contribution is -2.28. The summed E-state index contributed by atoms with van der Waals surface area (Å²) in [7, 11) is 0. The van der Waals surface area contributed by atoms with Gasteiger partial charge in [0.1, 0.15) is 0 Å². The predicted octanol–water partition coefficient (Wildman–Crippen LogP) is 23.5. The Morgan fingerprint density at radius 1 is 0.321 bits per heavy atom. The highest BCUT2D eigenvalue weighted by Crippen LogP contribution is 2.57. The van der Waals surface area contributed by atoms with E-state index in [9.17, 15) is 0 Å². The van der Waals surface area contributed by atoms with Gasteiger partial charge in [-0.05, 0) is 163 Å². The molecule has 0 aliphatic heterocycles. The SMILES string of the molecule is Cc1ccc(C2(CCCCc3ccc(N(c4ccc(C(C)(C)C)cc4)c4c5ccccc5c(N(c5ccc(C(C)(C)C)cc5)c5ccc(C(C)(C)C)cc5)c5ccccc45)cc3)c3cc(C(C)(C)C)ccc3-c3ccc(C(C)(C)C)cc32)cc1. The number of anilines is 6. The van der Waals surface area contributed by atoms with Gasteiger partial charge in [-0.2, -0.15) is 0 Å². The second-order valence-corrected chi connectivity index (χ2v) is 29.5. The summed E-state index contributed by atoms with van der Waals surface area (Å²) in [5, 5.41) is 4.78. The molecular weight excluding hydrogens is 1010 g/mol. The summed E-state index contributed by atoms with van der Waals surface area (Å²) < 4.78 is 0. The van der Waals surface area contributed by atoms with E-state index in [1.54, 1.807) is 0 Å². The van der Waals surface area contributed by atoms with Crippen LogP contribution in [0, 0.1) is 6.92 Å². The number of hydrogen-bond donors (Lipinski definition) is 0. The Morgan fingerprint density at radius 3 is 0.952 bits per heavy atom. The second kappa shape index (κ2) is 21.7. The third-order valence-electron chi connectivity index (χ3n) is 18.3. The first-order chi connectivity index (χ1) is 39.7.